The molecule has 1 atom stereocenters. The molecule has 180 valence electrons. The second kappa shape index (κ2) is 8.94. The van der Waals surface area contributed by atoms with E-state index in [4.69, 9.17) is 4.74 Å². The molecule has 5 rings (SSSR count). The van der Waals surface area contributed by atoms with E-state index in [2.05, 4.69) is 50.9 Å². The van der Waals surface area contributed by atoms with E-state index >= 15 is 0 Å². The van der Waals surface area contributed by atoms with Gasteiger partial charge < -0.3 is 19.7 Å². The number of fused-ring (bicyclic) bond motifs is 3. The van der Waals surface area contributed by atoms with E-state index in [9.17, 15) is 9.59 Å². The number of nitrogens with zero attached hydrogens (tertiary/aromatic N) is 5. The molecule has 9 heteroatoms. The predicted molar refractivity (Wildman–Crippen MR) is 125 cm³/mol. The number of tetrazole rings is 1. The summed E-state index contributed by atoms with van der Waals surface area (Å²) in [5.74, 6) is 0.596. The third-order valence-electron chi connectivity index (χ3n) is 7.96. The Hall–Kier alpha value is -3.07. The van der Waals surface area contributed by atoms with Crippen molar-refractivity contribution in [3.63, 3.8) is 0 Å². The standard InChI is InChI=1S/C25H32N6O3/c1-16(30(3)22-14-34-24(33)17(22)2)11-25(15-32)8-6-20(7-9-25)26-12-18-4-5-21-19(10-18)13-31-23(21)27-28-29-31/h4-5,10,15-16,20,26H,6-9,11-14H2,1-3H3/t16-,20-,25+/m1/s1. The summed E-state index contributed by atoms with van der Waals surface area (Å²) < 4.78 is 6.99. The number of benzene rings is 1. The first kappa shape index (κ1) is 22.7. The van der Waals surface area contributed by atoms with Crippen LogP contribution in [-0.2, 0) is 27.4 Å². The van der Waals surface area contributed by atoms with Crippen molar-refractivity contribution in [2.45, 2.75) is 71.1 Å². The van der Waals surface area contributed by atoms with Gasteiger partial charge in [0.2, 0.25) is 0 Å². The summed E-state index contributed by atoms with van der Waals surface area (Å²) in [4.78, 5) is 26.0. The molecule has 1 fully saturated rings. The van der Waals surface area contributed by atoms with Crippen LogP contribution in [-0.4, -0.2) is 63.1 Å². The first-order valence-corrected chi connectivity index (χ1v) is 12.1. The molecule has 3 heterocycles. The maximum Gasteiger partial charge on any atom is 0.335 e. The van der Waals surface area contributed by atoms with Gasteiger partial charge in [-0.25, -0.2) is 9.48 Å². The van der Waals surface area contributed by atoms with Gasteiger partial charge >= 0.3 is 5.97 Å². The van der Waals surface area contributed by atoms with Gasteiger partial charge in [-0.05, 0) is 67.5 Å². The largest absolute Gasteiger partial charge is 0.456 e. The summed E-state index contributed by atoms with van der Waals surface area (Å²) in [6, 6.07) is 7.03. The molecule has 0 amide bonds. The molecular formula is C25H32N6O3. The Balaban J connectivity index is 1.14. The molecule has 0 unspecified atom stereocenters. The molecule has 0 saturated heterocycles. The lowest BCUT2D eigenvalue weighted by molar-refractivity contribution is -0.136. The maximum absolute atomic E-state index is 12.2. The zero-order chi connectivity index (χ0) is 23.9. The van der Waals surface area contributed by atoms with E-state index < -0.39 is 0 Å². The predicted octanol–water partition coefficient (Wildman–Crippen LogP) is 2.46. The highest BCUT2D eigenvalue weighted by atomic mass is 16.5. The van der Waals surface area contributed by atoms with Crippen molar-refractivity contribution in [2.24, 2.45) is 5.41 Å². The average Bonchev–Trinajstić information content (AvgIpc) is 3.53. The van der Waals surface area contributed by atoms with Gasteiger partial charge in [0, 0.05) is 36.7 Å². The average molecular weight is 465 g/mol. The van der Waals surface area contributed by atoms with Crippen molar-refractivity contribution >= 4 is 12.3 Å². The number of aldehydes is 1. The number of aromatic nitrogens is 4. The zero-order valence-electron chi connectivity index (χ0n) is 20.1. The van der Waals surface area contributed by atoms with Gasteiger partial charge in [0.1, 0.15) is 12.9 Å². The van der Waals surface area contributed by atoms with E-state index in [1.54, 1.807) is 0 Å². The minimum absolute atomic E-state index is 0.153. The number of hydrogen-bond acceptors (Lipinski definition) is 8. The highest BCUT2D eigenvalue weighted by Gasteiger charge is 2.38. The fourth-order valence-electron chi connectivity index (χ4n) is 5.63. The molecular weight excluding hydrogens is 432 g/mol. The Kier molecular flexibility index (Phi) is 5.97. The fourth-order valence-corrected chi connectivity index (χ4v) is 5.63. The Labute approximate surface area is 199 Å². The molecule has 1 saturated carbocycles. The highest BCUT2D eigenvalue weighted by Crippen LogP contribution is 2.40. The number of nitrogens with one attached hydrogen (secondary N) is 1. The summed E-state index contributed by atoms with van der Waals surface area (Å²) in [6.07, 6.45) is 5.68. The molecule has 0 radical (unpaired) electrons. The quantitative estimate of drug-likeness (QED) is 0.401. The van der Waals surface area contributed by atoms with Gasteiger partial charge in [-0.3, -0.25) is 0 Å². The van der Waals surface area contributed by atoms with Crippen LogP contribution in [0.5, 0.6) is 0 Å². The van der Waals surface area contributed by atoms with Crippen LogP contribution < -0.4 is 5.32 Å². The lowest BCUT2D eigenvalue weighted by Gasteiger charge is -2.40. The molecule has 3 aliphatic rings. The normalized spacial score (nSPS) is 24.6. The molecule has 1 aliphatic carbocycles. The lowest BCUT2D eigenvalue weighted by atomic mass is 9.70. The van der Waals surface area contributed by atoms with Crippen LogP contribution in [0.3, 0.4) is 0 Å². The number of likely N-dealkylation sites (N-methyl/N-ethyl adjacent to an activating group) is 1. The van der Waals surface area contributed by atoms with E-state index in [-0.39, 0.29) is 17.4 Å². The van der Waals surface area contributed by atoms with Gasteiger partial charge in [0.15, 0.2) is 5.82 Å². The Morgan fingerprint density at radius 1 is 1.35 bits per heavy atom. The van der Waals surface area contributed by atoms with Crippen molar-refractivity contribution in [1.29, 1.82) is 0 Å². The molecule has 2 aliphatic heterocycles. The van der Waals surface area contributed by atoms with Crippen LogP contribution in [0.15, 0.2) is 29.5 Å². The number of esters is 1. The van der Waals surface area contributed by atoms with E-state index in [1.807, 2.05) is 18.7 Å². The van der Waals surface area contributed by atoms with Crippen LogP contribution in [0.2, 0.25) is 0 Å². The molecule has 9 nitrogen and oxygen atoms in total. The topological polar surface area (TPSA) is 102 Å². The first-order chi connectivity index (χ1) is 16.4. The number of hydrogen-bond donors (Lipinski definition) is 1. The van der Waals surface area contributed by atoms with Crippen molar-refractivity contribution in [3.8, 4) is 11.4 Å². The van der Waals surface area contributed by atoms with E-state index in [0.29, 0.717) is 18.2 Å². The molecule has 0 spiro atoms. The van der Waals surface area contributed by atoms with Gasteiger partial charge in [-0.1, -0.05) is 18.2 Å². The lowest BCUT2D eigenvalue weighted by Crippen LogP contribution is -2.42. The molecule has 1 N–H and O–H groups in total. The molecule has 34 heavy (non-hydrogen) atoms. The number of ether oxygens (including phenoxy) is 1. The molecule has 1 aromatic carbocycles. The minimum atomic E-state index is -0.307. The van der Waals surface area contributed by atoms with Crippen molar-refractivity contribution < 1.29 is 14.3 Å². The second-order valence-electron chi connectivity index (χ2n) is 10.1. The van der Waals surface area contributed by atoms with Crippen LogP contribution in [0.1, 0.15) is 57.1 Å². The van der Waals surface area contributed by atoms with Crippen molar-refractivity contribution in [2.75, 3.05) is 13.7 Å². The summed E-state index contributed by atoms with van der Waals surface area (Å²) in [5, 5.41) is 15.6. The molecule has 0 bridgehead atoms. The van der Waals surface area contributed by atoms with Gasteiger partial charge in [0.05, 0.1) is 17.8 Å². The van der Waals surface area contributed by atoms with E-state index in [1.165, 1.54) is 17.4 Å². The SMILES string of the molecule is CC1=C(N(C)[C@H](C)C[C@]2(C=O)CC[C@@H](NCc3ccc4c(c3)Cn3nnnc3-4)CC2)COC1=O. The van der Waals surface area contributed by atoms with Crippen LogP contribution in [0.25, 0.3) is 11.4 Å². The zero-order valence-corrected chi connectivity index (χ0v) is 20.1. The third kappa shape index (κ3) is 4.13. The second-order valence-corrected chi connectivity index (χ2v) is 10.1. The smallest absolute Gasteiger partial charge is 0.335 e. The number of carbonyl (C=O) groups is 2. The molecule has 1 aromatic heterocycles. The van der Waals surface area contributed by atoms with E-state index in [0.717, 1.165) is 62.3 Å². The van der Waals surface area contributed by atoms with Crippen LogP contribution in [0, 0.1) is 5.41 Å². The van der Waals surface area contributed by atoms with Gasteiger partial charge in [-0.15, -0.1) is 5.10 Å². The monoisotopic (exact) mass is 464 g/mol. The number of carbonyl (C=O) groups excluding carboxylic acids is 2. The molecule has 2 aromatic rings. The Morgan fingerprint density at radius 3 is 2.85 bits per heavy atom. The summed E-state index contributed by atoms with van der Waals surface area (Å²) >= 11 is 0. The fraction of sp³-hybridized carbons (Fsp3) is 0.560. The van der Waals surface area contributed by atoms with Crippen molar-refractivity contribution in [3.05, 3.63) is 40.6 Å². The first-order valence-electron chi connectivity index (χ1n) is 12.1. The minimum Gasteiger partial charge on any atom is -0.456 e. The van der Waals surface area contributed by atoms with Crippen LogP contribution >= 0.6 is 0 Å². The van der Waals surface area contributed by atoms with Gasteiger partial charge in [-0.2, -0.15) is 0 Å². The summed E-state index contributed by atoms with van der Waals surface area (Å²) in [7, 11) is 1.99. The maximum atomic E-state index is 12.2. The third-order valence-corrected chi connectivity index (χ3v) is 7.96. The van der Waals surface area contributed by atoms with Gasteiger partial charge in [0.25, 0.3) is 0 Å². The van der Waals surface area contributed by atoms with Crippen LogP contribution in [0.4, 0.5) is 0 Å². The Morgan fingerprint density at radius 2 is 2.15 bits per heavy atom. The highest BCUT2D eigenvalue weighted by molar-refractivity contribution is 5.90. The summed E-state index contributed by atoms with van der Waals surface area (Å²) in [6.45, 7) is 5.79. The van der Waals surface area contributed by atoms with Crippen molar-refractivity contribution in [1.82, 2.24) is 30.4 Å². The summed E-state index contributed by atoms with van der Waals surface area (Å²) in [5.41, 5.74) is 4.89. The Bertz CT molecular complexity index is 1130. The number of cyclic esters (lactones) is 1. The number of rotatable bonds is 8.